The van der Waals surface area contributed by atoms with Crippen LogP contribution in [0.4, 0.5) is 0 Å². The number of carboxylic acid groups (broad SMARTS) is 1. The number of aromatic carboxylic acids is 1. The fourth-order valence-electron chi connectivity index (χ4n) is 3.53. The van der Waals surface area contributed by atoms with Crippen molar-refractivity contribution in [3.05, 3.63) is 89.6 Å². The predicted octanol–water partition coefficient (Wildman–Crippen LogP) is 3.88. The number of esters is 1. The van der Waals surface area contributed by atoms with Gasteiger partial charge in [0.25, 0.3) is 0 Å². The molecule has 2 N–H and O–H groups in total. The van der Waals surface area contributed by atoms with E-state index in [1.165, 1.54) is 0 Å². The number of ether oxygens (including phenoxy) is 1. The van der Waals surface area contributed by atoms with E-state index < -0.39 is 18.0 Å². The molecule has 0 radical (unpaired) electrons. The molecular weight excluding hydrogens is 370 g/mol. The van der Waals surface area contributed by atoms with Gasteiger partial charge in [0.2, 0.25) is 0 Å². The summed E-state index contributed by atoms with van der Waals surface area (Å²) in [6.45, 7) is 2.02. The van der Waals surface area contributed by atoms with Crippen LogP contribution in [0.5, 0.6) is 0 Å². The normalized spacial score (nSPS) is 12.0. The number of hydrogen-bond acceptors (Lipinski definition) is 4. The highest BCUT2D eigenvalue weighted by Crippen LogP contribution is 2.35. The topological polar surface area (TPSA) is 97.2 Å². The lowest BCUT2D eigenvalue weighted by atomic mass is 9.94. The lowest BCUT2D eigenvalue weighted by Crippen LogP contribution is -2.16. The maximum Gasteiger partial charge on any atom is 0.355 e. The molecule has 0 aliphatic carbocycles. The van der Waals surface area contributed by atoms with Gasteiger partial charge in [0, 0.05) is 28.9 Å². The highest BCUT2D eigenvalue weighted by molar-refractivity contribution is 5.99. The summed E-state index contributed by atoms with van der Waals surface area (Å²) in [5.74, 6) is -1.43. The predicted molar refractivity (Wildman–Crippen MR) is 107 cm³/mol. The third kappa shape index (κ3) is 3.38. The molecule has 0 spiro atoms. The van der Waals surface area contributed by atoms with E-state index in [9.17, 15) is 14.7 Å². The minimum Gasteiger partial charge on any atom is -0.478 e. The molecule has 0 saturated heterocycles. The molecule has 0 aliphatic heterocycles. The van der Waals surface area contributed by atoms with Gasteiger partial charge >= 0.3 is 11.9 Å². The van der Waals surface area contributed by atoms with E-state index in [0.29, 0.717) is 5.69 Å². The number of para-hydroxylation sites is 1. The van der Waals surface area contributed by atoms with E-state index in [2.05, 4.69) is 9.97 Å². The van der Waals surface area contributed by atoms with Crippen LogP contribution >= 0.6 is 0 Å². The number of imidazole rings is 1. The summed E-state index contributed by atoms with van der Waals surface area (Å²) in [6.07, 6.45) is 5.15. The second kappa shape index (κ2) is 7.63. The first-order chi connectivity index (χ1) is 14.1. The maximum atomic E-state index is 12.7. The summed E-state index contributed by atoms with van der Waals surface area (Å²) < 4.78 is 7.16. The van der Waals surface area contributed by atoms with Crippen molar-refractivity contribution in [2.24, 2.45) is 0 Å². The second-order valence-electron chi connectivity index (χ2n) is 6.52. The Morgan fingerprint density at radius 2 is 1.93 bits per heavy atom. The Balaban J connectivity index is 1.96. The van der Waals surface area contributed by atoms with Gasteiger partial charge in [-0.25, -0.2) is 14.6 Å². The maximum absolute atomic E-state index is 12.7. The Morgan fingerprint density at radius 3 is 2.59 bits per heavy atom. The number of aromatic nitrogens is 3. The molecule has 4 aromatic rings. The Labute approximate surface area is 166 Å². The van der Waals surface area contributed by atoms with Gasteiger partial charge < -0.3 is 19.4 Å². The molecule has 2 aromatic carbocycles. The SMILES string of the molecule is CCOC(=O)c1[nH]c2ccccc2c1C(c1ccc(C(=O)O)cc1)n1ccnc1. The number of rotatable bonds is 6. The number of carbonyl (C=O) groups is 2. The van der Waals surface area contributed by atoms with Gasteiger partial charge in [-0.2, -0.15) is 0 Å². The quantitative estimate of drug-likeness (QED) is 0.488. The first-order valence-electron chi connectivity index (χ1n) is 9.18. The lowest BCUT2D eigenvalue weighted by Gasteiger charge is -2.20. The van der Waals surface area contributed by atoms with Crippen molar-refractivity contribution in [2.75, 3.05) is 6.61 Å². The molecule has 0 bridgehead atoms. The highest BCUT2D eigenvalue weighted by atomic mass is 16.5. The third-order valence-electron chi connectivity index (χ3n) is 4.80. The minimum absolute atomic E-state index is 0.197. The van der Waals surface area contributed by atoms with Crippen LogP contribution in [-0.4, -0.2) is 38.2 Å². The van der Waals surface area contributed by atoms with Gasteiger partial charge in [0.1, 0.15) is 5.69 Å². The Hall–Kier alpha value is -3.87. The van der Waals surface area contributed by atoms with E-state index in [4.69, 9.17) is 4.74 Å². The molecule has 7 nitrogen and oxygen atoms in total. The number of aromatic amines is 1. The molecular formula is C22H19N3O4. The molecule has 2 aromatic heterocycles. The molecule has 29 heavy (non-hydrogen) atoms. The van der Waals surface area contributed by atoms with Crippen molar-refractivity contribution in [3.8, 4) is 0 Å². The fraction of sp³-hybridized carbons (Fsp3) is 0.136. The number of nitrogens with one attached hydrogen (secondary N) is 1. The molecule has 146 valence electrons. The lowest BCUT2D eigenvalue weighted by molar-refractivity contribution is 0.0518. The summed E-state index contributed by atoms with van der Waals surface area (Å²) in [4.78, 5) is 31.3. The van der Waals surface area contributed by atoms with Gasteiger partial charge in [0.15, 0.2) is 0 Å². The van der Waals surface area contributed by atoms with Crippen molar-refractivity contribution in [3.63, 3.8) is 0 Å². The standard InChI is InChI=1S/C22H19N3O4/c1-2-29-22(28)19-18(16-5-3-4-6-17(16)24-19)20(25-12-11-23-13-25)14-7-9-15(10-8-14)21(26)27/h3-13,20,24H,2H2,1H3,(H,26,27). The number of H-pyrrole nitrogens is 1. The van der Waals surface area contributed by atoms with E-state index >= 15 is 0 Å². The first-order valence-corrected chi connectivity index (χ1v) is 9.18. The summed E-state index contributed by atoms with van der Waals surface area (Å²) in [6, 6.07) is 13.9. The van der Waals surface area contributed by atoms with E-state index in [1.54, 1.807) is 43.7 Å². The summed E-state index contributed by atoms with van der Waals surface area (Å²) in [7, 11) is 0. The Kier molecular flexibility index (Phi) is 4.87. The van der Waals surface area contributed by atoms with Crippen LogP contribution in [0.25, 0.3) is 10.9 Å². The van der Waals surface area contributed by atoms with Gasteiger partial charge in [-0.1, -0.05) is 30.3 Å². The van der Waals surface area contributed by atoms with Crippen molar-refractivity contribution < 1.29 is 19.4 Å². The Bertz CT molecular complexity index is 1160. The zero-order chi connectivity index (χ0) is 20.4. The monoisotopic (exact) mass is 389 g/mol. The number of fused-ring (bicyclic) bond motifs is 1. The van der Waals surface area contributed by atoms with Crippen molar-refractivity contribution in [2.45, 2.75) is 13.0 Å². The molecule has 0 aliphatic rings. The Morgan fingerprint density at radius 1 is 1.17 bits per heavy atom. The van der Waals surface area contributed by atoms with Gasteiger partial charge in [-0.3, -0.25) is 0 Å². The summed E-state index contributed by atoms with van der Waals surface area (Å²) in [5.41, 5.74) is 2.96. The van der Waals surface area contributed by atoms with Crippen LogP contribution in [0.3, 0.4) is 0 Å². The largest absolute Gasteiger partial charge is 0.478 e. The fourth-order valence-corrected chi connectivity index (χ4v) is 3.53. The number of carbonyl (C=O) groups excluding carboxylic acids is 1. The van der Waals surface area contributed by atoms with Crippen molar-refractivity contribution >= 4 is 22.8 Å². The van der Waals surface area contributed by atoms with Gasteiger partial charge in [0.05, 0.1) is 24.5 Å². The third-order valence-corrected chi connectivity index (χ3v) is 4.80. The number of nitrogens with zero attached hydrogens (tertiary/aromatic N) is 2. The highest BCUT2D eigenvalue weighted by Gasteiger charge is 2.28. The van der Waals surface area contributed by atoms with E-state index in [-0.39, 0.29) is 12.2 Å². The van der Waals surface area contributed by atoms with Crippen LogP contribution in [0.1, 0.15) is 44.9 Å². The van der Waals surface area contributed by atoms with E-state index in [0.717, 1.165) is 22.0 Å². The van der Waals surface area contributed by atoms with Crippen LogP contribution < -0.4 is 0 Å². The minimum atomic E-state index is -0.991. The average molecular weight is 389 g/mol. The zero-order valence-corrected chi connectivity index (χ0v) is 15.7. The van der Waals surface area contributed by atoms with Gasteiger partial charge in [-0.05, 0) is 30.7 Å². The summed E-state index contributed by atoms with van der Waals surface area (Å²) >= 11 is 0. The number of hydrogen-bond donors (Lipinski definition) is 2. The molecule has 4 rings (SSSR count). The molecule has 0 saturated carbocycles. The molecule has 7 heteroatoms. The number of benzene rings is 2. The molecule has 1 atom stereocenters. The van der Waals surface area contributed by atoms with Crippen LogP contribution in [-0.2, 0) is 4.74 Å². The van der Waals surface area contributed by atoms with Crippen LogP contribution in [0.15, 0.2) is 67.3 Å². The van der Waals surface area contributed by atoms with Crippen molar-refractivity contribution in [1.82, 2.24) is 14.5 Å². The molecule has 0 fully saturated rings. The van der Waals surface area contributed by atoms with Crippen LogP contribution in [0.2, 0.25) is 0 Å². The molecule has 0 amide bonds. The van der Waals surface area contributed by atoms with Crippen LogP contribution in [0, 0.1) is 0 Å². The number of carboxylic acids is 1. The first kappa shape index (κ1) is 18.5. The van der Waals surface area contributed by atoms with Gasteiger partial charge in [-0.15, -0.1) is 0 Å². The average Bonchev–Trinajstić information content (AvgIpc) is 3.38. The van der Waals surface area contributed by atoms with E-state index in [1.807, 2.05) is 35.0 Å². The van der Waals surface area contributed by atoms with Crippen molar-refractivity contribution in [1.29, 1.82) is 0 Å². The summed E-state index contributed by atoms with van der Waals surface area (Å²) in [5, 5.41) is 10.1. The molecule has 1 unspecified atom stereocenters. The smallest absolute Gasteiger partial charge is 0.355 e. The molecule has 2 heterocycles. The second-order valence-corrected chi connectivity index (χ2v) is 6.52. The zero-order valence-electron chi connectivity index (χ0n) is 15.7.